The summed E-state index contributed by atoms with van der Waals surface area (Å²) in [5.41, 5.74) is 0.176. The van der Waals surface area contributed by atoms with E-state index in [-0.39, 0.29) is 6.54 Å². The molecule has 0 saturated heterocycles. The van der Waals surface area contributed by atoms with Gasteiger partial charge in [0.15, 0.2) is 0 Å². The van der Waals surface area contributed by atoms with Gasteiger partial charge in [0, 0.05) is 25.9 Å². The summed E-state index contributed by atoms with van der Waals surface area (Å²) < 4.78 is 2.28. The Morgan fingerprint density at radius 3 is 2.59 bits per heavy atom. The molecule has 0 saturated carbocycles. The second kappa shape index (κ2) is 4.54. The topological polar surface area (TPSA) is 99.1 Å². The molecule has 0 aliphatic carbocycles. The Bertz CT molecular complexity index is 541. The summed E-state index contributed by atoms with van der Waals surface area (Å²) >= 11 is 0. The maximum Gasteiger partial charge on any atom is 0.330 e. The number of aryl methyl sites for hydroxylation is 1. The van der Waals surface area contributed by atoms with E-state index in [4.69, 9.17) is 5.84 Å². The van der Waals surface area contributed by atoms with Crippen LogP contribution in [-0.4, -0.2) is 15.0 Å². The second-order valence-corrected chi connectivity index (χ2v) is 4.49. The summed E-state index contributed by atoms with van der Waals surface area (Å²) in [6, 6.07) is 1.28. The SMILES string of the molecule is Cn1ccc(=O)n(CC(C)(C)C(=O)NN)c1=O. The van der Waals surface area contributed by atoms with Crippen molar-refractivity contribution in [1.29, 1.82) is 0 Å². The minimum Gasteiger partial charge on any atom is -0.303 e. The van der Waals surface area contributed by atoms with Crippen molar-refractivity contribution in [1.82, 2.24) is 14.6 Å². The summed E-state index contributed by atoms with van der Waals surface area (Å²) in [6.45, 7) is 3.19. The number of nitrogens with zero attached hydrogens (tertiary/aromatic N) is 2. The van der Waals surface area contributed by atoms with Crippen LogP contribution in [0, 0.1) is 5.41 Å². The van der Waals surface area contributed by atoms with E-state index >= 15 is 0 Å². The van der Waals surface area contributed by atoms with E-state index < -0.39 is 22.6 Å². The van der Waals surface area contributed by atoms with E-state index in [1.807, 2.05) is 5.43 Å². The van der Waals surface area contributed by atoms with Crippen molar-refractivity contribution in [3.8, 4) is 0 Å². The number of amides is 1. The molecule has 1 amide bonds. The van der Waals surface area contributed by atoms with Gasteiger partial charge in [0.2, 0.25) is 5.91 Å². The van der Waals surface area contributed by atoms with Crippen LogP contribution in [0.5, 0.6) is 0 Å². The Labute approximate surface area is 97.8 Å². The lowest BCUT2D eigenvalue weighted by molar-refractivity contribution is -0.130. The van der Waals surface area contributed by atoms with Crippen LogP contribution in [0.1, 0.15) is 13.8 Å². The number of nitrogens with two attached hydrogens (primary N) is 1. The first kappa shape index (κ1) is 13.2. The smallest absolute Gasteiger partial charge is 0.303 e. The van der Waals surface area contributed by atoms with Crippen LogP contribution in [0.4, 0.5) is 0 Å². The van der Waals surface area contributed by atoms with Crippen molar-refractivity contribution in [2.75, 3.05) is 0 Å². The molecule has 1 aromatic rings. The van der Waals surface area contributed by atoms with Crippen molar-refractivity contribution in [3.05, 3.63) is 33.1 Å². The lowest BCUT2D eigenvalue weighted by Crippen LogP contribution is -2.48. The number of hydrogen-bond acceptors (Lipinski definition) is 4. The zero-order valence-electron chi connectivity index (χ0n) is 10.1. The highest BCUT2D eigenvalue weighted by Crippen LogP contribution is 2.15. The molecule has 0 radical (unpaired) electrons. The summed E-state index contributed by atoms with van der Waals surface area (Å²) in [5.74, 6) is 4.61. The van der Waals surface area contributed by atoms with E-state index in [0.29, 0.717) is 0 Å². The molecular formula is C10H16N4O3. The molecule has 0 aliphatic heterocycles. The van der Waals surface area contributed by atoms with Crippen LogP contribution < -0.4 is 22.5 Å². The van der Waals surface area contributed by atoms with Crippen molar-refractivity contribution in [3.63, 3.8) is 0 Å². The van der Waals surface area contributed by atoms with Crippen LogP contribution in [0.15, 0.2) is 21.9 Å². The van der Waals surface area contributed by atoms with Gasteiger partial charge in [-0.25, -0.2) is 10.6 Å². The Balaban J connectivity index is 3.21. The van der Waals surface area contributed by atoms with Gasteiger partial charge in [0.1, 0.15) is 0 Å². The van der Waals surface area contributed by atoms with E-state index in [2.05, 4.69) is 0 Å². The number of aromatic nitrogens is 2. The zero-order valence-corrected chi connectivity index (χ0v) is 10.1. The van der Waals surface area contributed by atoms with Crippen molar-refractivity contribution in [2.45, 2.75) is 20.4 Å². The molecule has 3 N–H and O–H groups in total. The van der Waals surface area contributed by atoms with Crippen molar-refractivity contribution in [2.24, 2.45) is 18.3 Å². The standard InChI is InChI=1S/C10H16N4O3/c1-10(2,8(16)12-11)6-14-7(15)4-5-13(3)9(14)17/h4-5H,6,11H2,1-3H3,(H,12,16). The van der Waals surface area contributed by atoms with Crippen molar-refractivity contribution >= 4 is 5.91 Å². The summed E-state index contributed by atoms with van der Waals surface area (Å²) in [6.07, 6.45) is 1.39. The van der Waals surface area contributed by atoms with Crippen LogP contribution in [0.2, 0.25) is 0 Å². The number of carbonyl (C=O) groups is 1. The molecule has 0 bridgehead atoms. The van der Waals surface area contributed by atoms with Gasteiger partial charge in [-0.15, -0.1) is 0 Å². The molecule has 1 rings (SSSR count). The second-order valence-electron chi connectivity index (χ2n) is 4.49. The number of nitrogens with one attached hydrogen (secondary N) is 1. The third kappa shape index (κ3) is 2.62. The maximum absolute atomic E-state index is 11.7. The minimum atomic E-state index is -0.938. The number of hydrogen-bond donors (Lipinski definition) is 2. The van der Waals surface area contributed by atoms with E-state index in [9.17, 15) is 14.4 Å². The van der Waals surface area contributed by atoms with Crippen LogP contribution >= 0.6 is 0 Å². The summed E-state index contributed by atoms with van der Waals surface area (Å²) in [5, 5.41) is 0. The van der Waals surface area contributed by atoms with Crippen LogP contribution in [0.3, 0.4) is 0 Å². The fourth-order valence-corrected chi connectivity index (χ4v) is 1.42. The van der Waals surface area contributed by atoms with Gasteiger partial charge in [0.25, 0.3) is 5.56 Å². The molecule has 0 aromatic carbocycles. The molecule has 0 atom stereocenters. The fraction of sp³-hybridized carbons (Fsp3) is 0.500. The average Bonchev–Trinajstić information content (AvgIpc) is 2.28. The zero-order chi connectivity index (χ0) is 13.2. The molecule has 0 unspecified atom stereocenters. The fourth-order valence-electron chi connectivity index (χ4n) is 1.42. The highest BCUT2D eigenvalue weighted by atomic mass is 16.2. The van der Waals surface area contributed by atoms with Gasteiger partial charge >= 0.3 is 5.69 Å². The number of rotatable bonds is 3. The normalized spacial score (nSPS) is 11.3. The van der Waals surface area contributed by atoms with E-state index in [0.717, 1.165) is 4.57 Å². The Morgan fingerprint density at radius 1 is 1.47 bits per heavy atom. The predicted molar refractivity (Wildman–Crippen MR) is 62.1 cm³/mol. The molecular weight excluding hydrogens is 224 g/mol. The molecule has 7 nitrogen and oxygen atoms in total. The van der Waals surface area contributed by atoms with Gasteiger partial charge in [-0.1, -0.05) is 0 Å². The quantitative estimate of drug-likeness (QED) is 0.384. The largest absolute Gasteiger partial charge is 0.330 e. The highest BCUT2D eigenvalue weighted by molar-refractivity contribution is 5.81. The highest BCUT2D eigenvalue weighted by Gasteiger charge is 2.28. The molecule has 1 aromatic heterocycles. The molecule has 7 heteroatoms. The predicted octanol–water partition coefficient (Wildman–Crippen LogP) is -1.44. The third-order valence-corrected chi connectivity index (χ3v) is 2.54. The lowest BCUT2D eigenvalue weighted by Gasteiger charge is -2.22. The molecule has 0 spiro atoms. The lowest BCUT2D eigenvalue weighted by atomic mass is 9.92. The van der Waals surface area contributed by atoms with Gasteiger partial charge in [-0.2, -0.15) is 0 Å². The van der Waals surface area contributed by atoms with Gasteiger partial charge < -0.3 is 4.57 Å². The Morgan fingerprint density at radius 2 is 2.06 bits per heavy atom. The molecule has 0 aliphatic rings. The Hall–Kier alpha value is -1.89. The van der Waals surface area contributed by atoms with E-state index in [1.54, 1.807) is 13.8 Å². The average molecular weight is 240 g/mol. The number of hydrazine groups is 1. The monoisotopic (exact) mass is 240 g/mol. The molecule has 0 fully saturated rings. The molecule has 1 heterocycles. The molecule has 17 heavy (non-hydrogen) atoms. The first-order valence-electron chi connectivity index (χ1n) is 5.07. The Kier molecular flexibility index (Phi) is 3.52. The first-order valence-corrected chi connectivity index (χ1v) is 5.07. The number of carbonyl (C=O) groups excluding carboxylic acids is 1. The van der Waals surface area contributed by atoms with E-state index in [1.165, 1.54) is 23.9 Å². The van der Waals surface area contributed by atoms with Gasteiger partial charge in [0.05, 0.1) is 5.41 Å². The summed E-state index contributed by atoms with van der Waals surface area (Å²) in [7, 11) is 1.54. The van der Waals surface area contributed by atoms with Gasteiger partial charge in [-0.3, -0.25) is 19.6 Å². The maximum atomic E-state index is 11.7. The summed E-state index contributed by atoms with van der Waals surface area (Å²) in [4.78, 5) is 34.8. The van der Waals surface area contributed by atoms with Crippen LogP contribution in [0.25, 0.3) is 0 Å². The minimum absolute atomic E-state index is 0.0254. The molecule has 94 valence electrons. The van der Waals surface area contributed by atoms with Gasteiger partial charge in [-0.05, 0) is 13.8 Å². The van der Waals surface area contributed by atoms with Crippen molar-refractivity contribution < 1.29 is 4.79 Å². The third-order valence-electron chi connectivity index (χ3n) is 2.54. The van der Waals surface area contributed by atoms with Crippen LogP contribution in [-0.2, 0) is 18.4 Å². The first-order chi connectivity index (χ1) is 7.79.